The van der Waals surface area contributed by atoms with Gasteiger partial charge in [-0.25, -0.2) is 9.59 Å². The summed E-state index contributed by atoms with van der Waals surface area (Å²) in [6.07, 6.45) is 0. The molecule has 0 radical (unpaired) electrons. The minimum atomic E-state index is -0.545. The molecule has 1 aromatic heterocycles. The lowest BCUT2D eigenvalue weighted by molar-refractivity contribution is -0.135. The van der Waals surface area contributed by atoms with E-state index in [1.807, 2.05) is 25.1 Å². The van der Waals surface area contributed by atoms with Gasteiger partial charge in [-0.05, 0) is 50.2 Å². The number of ketones is 1. The van der Waals surface area contributed by atoms with Crippen LogP contribution in [-0.2, 0) is 17.9 Å². The normalized spacial score (nSPS) is 10.8. The Balaban J connectivity index is 1.84. The lowest BCUT2D eigenvalue weighted by atomic mass is 10.1. The van der Waals surface area contributed by atoms with Gasteiger partial charge in [0.2, 0.25) is 0 Å². The molecule has 6 nitrogen and oxygen atoms in total. The Morgan fingerprint density at radius 2 is 1.56 bits per heavy atom. The molecule has 0 atom stereocenters. The molecule has 0 amide bonds. The van der Waals surface area contributed by atoms with E-state index in [4.69, 9.17) is 4.74 Å². The number of benzene rings is 2. The van der Waals surface area contributed by atoms with Crippen molar-refractivity contribution in [2.75, 3.05) is 0 Å². The van der Waals surface area contributed by atoms with E-state index in [2.05, 4.69) is 0 Å². The van der Waals surface area contributed by atoms with Crippen LogP contribution in [0, 0.1) is 0 Å². The Hall–Kier alpha value is -3.15. The van der Waals surface area contributed by atoms with Crippen LogP contribution < -0.4 is 10.4 Å². The molecule has 0 N–H and O–H groups in total. The molecule has 6 heteroatoms. The zero-order valence-corrected chi connectivity index (χ0v) is 14.1. The van der Waals surface area contributed by atoms with Crippen molar-refractivity contribution < 1.29 is 14.3 Å². The molecule has 0 aliphatic carbocycles. The molecule has 3 rings (SSSR count). The summed E-state index contributed by atoms with van der Waals surface area (Å²) in [5.74, 6) is -0.268. The molecule has 1 heterocycles. The summed E-state index contributed by atoms with van der Waals surface area (Å²) in [7, 11) is 0. The SMILES string of the molecule is CCn1c(=O)n(CC(=O)Oc2ccc(C(C)=O)cc2)c2ccccc21. The Morgan fingerprint density at radius 1 is 0.960 bits per heavy atom. The summed E-state index contributed by atoms with van der Waals surface area (Å²) in [5, 5.41) is 0. The number of fused-ring (bicyclic) bond motifs is 1. The fourth-order valence-electron chi connectivity index (χ4n) is 2.78. The Kier molecular flexibility index (Phi) is 4.52. The van der Waals surface area contributed by atoms with Crippen LogP contribution in [0.25, 0.3) is 11.0 Å². The van der Waals surface area contributed by atoms with Crippen molar-refractivity contribution in [3.05, 3.63) is 64.6 Å². The smallest absolute Gasteiger partial charge is 0.331 e. The van der Waals surface area contributed by atoms with Crippen molar-refractivity contribution in [1.29, 1.82) is 0 Å². The van der Waals surface area contributed by atoms with Crippen molar-refractivity contribution in [3.63, 3.8) is 0 Å². The second-order valence-corrected chi connectivity index (χ2v) is 5.66. The summed E-state index contributed by atoms with van der Waals surface area (Å²) in [5.41, 5.74) is 1.78. The number of imidazole rings is 1. The highest BCUT2D eigenvalue weighted by Gasteiger charge is 2.15. The molecule has 2 aromatic carbocycles. The van der Waals surface area contributed by atoms with Crippen LogP contribution in [0.5, 0.6) is 5.75 Å². The first kappa shape index (κ1) is 16.7. The third kappa shape index (κ3) is 3.24. The van der Waals surface area contributed by atoms with Gasteiger partial charge in [-0.15, -0.1) is 0 Å². The number of aromatic nitrogens is 2. The van der Waals surface area contributed by atoms with Crippen LogP contribution in [0.15, 0.2) is 53.3 Å². The van der Waals surface area contributed by atoms with E-state index in [1.165, 1.54) is 11.5 Å². The van der Waals surface area contributed by atoms with Crippen LogP contribution >= 0.6 is 0 Å². The molecule has 0 spiro atoms. The number of ether oxygens (including phenoxy) is 1. The molecule has 3 aromatic rings. The number of hydrogen-bond donors (Lipinski definition) is 0. The standard InChI is InChI=1S/C19H18N2O4/c1-3-20-16-6-4-5-7-17(16)21(19(20)24)12-18(23)25-15-10-8-14(9-11-15)13(2)22/h4-11H,3,12H2,1-2H3. The largest absolute Gasteiger partial charge is 0.425 e. The van der Waals surface area contributed by atoms with Gasteiger partial charge in [0.1, 0.15) is 12.3 Å². The average Bonchev–Trinajstić information content (AvgIpc) is 2.87. The molecule has 0 unspecified atom stereocenters. The Morgan fingerprint density at radius 3 is 2.12 bits per heavy atom. The maximum absolute atomic E-state index is 12.5. The number of nitrogens with zero attached hydrogens (tertiary/aromatic N) is 2. The summed E-state index contributed by atoms with van der Waals surface area (Å²) in [4.78, 5) is 36.0. The quantitative estimate of drug-likeness (QED) is 0.407. The molecule has 128 valence electrons. The lowest BCUT2D eigenvalue weighted by Crippen LogP contribution is -2.28. The molecule has 0 fully saturated rings. The Bertz CT molecular complexity index is 996. The zero-order valence-electron chi connectivity index (χ0n) is 14.1. The number of aryl methyl sites for hydroxylation is 1. The van der Waals surface area contributed by atoms with E-state index in [9.17, 15) is 14.4 Å². The number of hydrogen-bond acceptors (Lipinski definition) is 4. The van der Waals surface area contributed by atoms with E-state index in [1.54, 1.807) is 34.9 Å². The molecule has 0 saturated carbocycles. The van der Waals surface area contributed by atoms with Crippen molar-refractivity contribution in [3.8, 4) is 5.75 Å². The lowest BCUT2D eigenvalue weighted by Gasteiger charge is -2.06. The van der Waals surface area contributed by atoms with Gasteiger partial charge in [-0.1, -0.05) is 12.1 Å². The van der Waals surface area contributed by atoms with E-state index in [0.29, 0.717) is 23.4 Å². The zero-order chi connectivity index (χ0) is 18.0. The fraction of sp³-hybridized carbons (Fsp3) is 0.211. The van der Waals surface area contributed by atoms with E-state index in [0.717, 1.165) is 5.52 Å². The molecule has 0 saturated heterocycles. The number of carbonyl (C=O) groups is 2. The predicted octanol–water partition coefficient (Wildman–Crippen LogP) is 2.63. The summed E-state index contributed by atoms with van der Waals surface area (Å²) in [6, 6.07) is 13.7. The summed E-state index contributed by atoms with van der Waals surface area (Å²) >= 11 is 0. The van der Waals surface area contributed by atoms with Crippen molar-refractivity contribution in [2.45, 2.75) is 26.9 Å². The maximum Gasteiger partial charge on any atom is 0.331 e. The van der Waals surface area contributed by atoms with Crippen LogP contribution in [0.1, 0.15) is 24.2 Å². The van der Waals surface area contributed by atoms with Gasteiger partial charge in [0.05, 0.1) is 11.0 Å². The third-order valence-electron chi connectivity index (χ3n) is 4.02. The van der Waals surface area contributed by atoms with Gasteiger partial charge in [-0.2, -0.15) is 0 Å². The van der Waals surface area contributed by atoms with Gasteiger partial charge in [0.15, 0.2) is 5.78 Å². The van der Waals surface area contributed by atoms with Gasteiger partial charge in [-0.3, -0.25) is 13.9 Å². The maximum atomic E-state index is 12.5. The minimum absolute atomic E-state index is 0.0585. The summed E-state index contributed by atoms with van der Waals surface area (Å²) < 4.78 is 8.30. The van der Waals surface area contributed by atoms with E-state index >= 15 is 0 Å². The highest BCUT2D eigenvalue weighted by Crippen LogP contribution is 2.15. The number of rotatable bonds is 5. The minimum Gasteiger partial charge on any atom is -0.425 e. The number of carbonyl (C=O) groups excluding carboxylic acids is 2. The Labute approximate surface area is 144 Å². The molecule has 25 heavy (non-hydrogen) atoms. The van der Waals surface area contributed by atoms with Crippen LogP contribution in [0.3, 0.4) is 0 Å². The van der Waals surface area contributed by atoms with Crippen LogP contribution in [-0.4, -0.2) is 20.9 Å². The summed E-state index contributed by atoms with van der Waals surface area (Å²) in [6.45, 7) is 3.69. The van der Waals surface area contributed by atoms with Gasteiger partial charge in [0.25, 0.3) is 0 Å². The number of Topliss-reactive ketones (excluding diaryl/α,β-unsaturated/α-hetero) is 1. The topological polar surface area (TPSA) is 70.3 Å². The van der Waals surface area contributed by atoms with E-state index in [-0.39, 0.29) is 18.0 Å². The van der Waals surface area contributed by atoms with Gasteiger partial charge in [0, 0.05) is 12.1 Å². The molecular weight excluding hydrogens is 320 g/mol. The monoisotopic (exact) mass is 338 g/mol. The van der Waals surface area contributed by atoms with Crippen molar-refractivity contribution >= 4 is 22.8 Å². The number of esters is 1. The average molecular weight is 338 g/mol. The fourth-order valence-corrected chi connectivity index (χ4v) is 2.78. The van der Waals surface area contributed by atoms with Crippen molar-refractivity contribution in [1.82, 2.24) is 9.13 Å². The highest BCUT2D eigenvalue weighted by molar-refractivity contribution is 5.94. The number of para-hydroxylation sites is 2. The highest BCUT2D eigenvalue weighted by atomic mass is 16.5. The third-order valence-corrected chi connectivity index (χ3v) is 4.02. The molecule has 0 aliphatic rings. The second-order valence-electron chi connectivity index (χ2n) is 5.66. The van der Waals surface area contributed by atoms with Crippen LogP contribution in [0.4, 0.5) is 0 Å². The first-order valence-corrected chi connectivity index (χ1v) is 8.01. The first-order valence-electron chi connectivity index (χ1n) is 8.01. The molecular formula is C19H18N2O4. The van der Waals surface area contributed by atoms with Crippen molar-refractivity contribution in [2.24, 2.45) is 0 Å². The van der Waals surface area contributed by atoms with Gasteiger partial charge >= 0.3 is 11.7 Å². The predicted molar refractivity (Wildman–Crippen MR) is 94.0 cm³/mol. The first-order chi connectivity index (χ1) is 12.0. The molecule has 0 aliphatic heterocycles. The molecule has 0 bridgehead atoms. The van der Waals surface area contributed by atoms with E-state index < -0.39 is 5.97 Å². The van der Waals surface area contributed by atoms with Crippen LogP contribution in [0.2, 0.25) is 0 Å². The van der Waals surface area contributed by atoms with Gasteiger partial charge < -0.3 is 4.74 Å². The second kappa shape index (κ2) is 6.76.